The van der Waals surface area contributed by atoms with Crippen molar-refractivity contribution >= 4 is 34.3 Å². The number of hydrogen-bond acceptors (Lipinski definition) is 14. The van der Waals surface area contributed by atoms with E-state index in [4.69, 9.17) is 37.9 Å². The third-order valence-corrected chi connectivity index (χ3v) is 10.3. The molecule has 0 radical (unpaired) electrons. The average Bonchev–Trinajstić information content (AvgIpc) is 3.22. The van der Waals surface area contributed by atoms with Gasteiger partial charge in [-0.2, -0.15) is 0 Å². The smallest absolute Gasteiger partial charge is 0.417 e. The van der Waals surface area contributed by atoms with E-state index in [-0.39, 0.29) is 39.5 Å². The van der Waals surface area contributed by atoms with Gasteiger partial charge in [0.15, 0.2) is 32.8 Å². The highest BCUT2D eigenvalue weighted by Crippen LogP contribution is 2.31. The minimum atomic E-state index is -1.19. The zero-order chi connectivity index (χ0) is 41.9. The highest BCUT2D eigenvalue weighted by Gasteiger charge is 2.27. The Kier molecular flexibility index (Phi) is 19.1. The minimum Gasteiger partial charge on any atom is -0.612 e. The third-order valence-electron chi connectivity index (χ3n) is 8.50. The number of carbonyl (C=O) groups is 2. The van der Waals surface area contributed by atoms with Crippen LogP contribution in [0.15, 0.2) is 94.7 Å². The second kappa shape index (κ2) is 24.2. The fourth-order valence-corrected chi connectivity index (χ4v) is 6.42. The molecule has 4 aromatic rings. The molecule has 4 unspecified atom stereocenters. The summed E-state index contributed by atoms with van der Waals surface area (Å²) in [6, 6.07) is 25.0. The molecule has 0 aliphatic heterocycles. The average molecular weight is 841 g/mol. The van der Waals surface area contributed by atoms with Crippen LogP contribution in [0.3, 0.4) is 0 Å². The van der Waals surface area contributed by atoms with Crippen molar-refractivity contribution in [3.63, 3.8) is 0 Å². The van der Waals surface area contributed by atoms with E-state index in [0.29, 0.717) is 57.4 Å². The summed E-state index contributed by atoms with van der Waals surface area (Å²) in [6.45, 7) is 5.10. The van der Waals surface area contributed by atoms with Gasteiger partial charge >= 0.3 is 11.9 Å². The maximum absolute atomic E-state index is 13.2. The van der Waals surface area contributed by atoms with Gasteiger partial charge in [-0.25, -0.2) is 9.59 Å². The number of esters is 2. The Hall–Kier alpha value is -4.84. The lowest BCUT2D eigenvalue weighted by atomic mass is 10.2. The van der Waals surface area contributed by atoms with Crippen LogP contribution in [-0.2, 0) is 41.4 Å². The van der Waals surface area contributed by atoms with Crippen molar-refractivity contribution in [3.05, 3.63) is 96.1 Å². The van der Waals surface area contributed by atoms with E-state index < -0.39 is 46.5 Å². The first kappa shape index (κ1) is 45.9. The largest absolute Gasteiger partial charge is 0.612 e. The van der Waals surface area contributed by atoms with Crippen molar-refractivity contribution in [1.82, 2.24) is 10.6 Å². The molecule has 0 spiro atoms. The zero-order valence-corrected chi connectivity index (χ0v) is 35.2. The lowest BCUT2D eigenvalue weighted by Crippen LogP contribution is -2.42. The summed E-state index contributed by atoms with van der Waals surface area (Å²) < 4.78 is 69.5. The first-order valence-corrected chi connectivity index (χ1v) is 21.6. The third kappa shape index (κ3) is 14.8. The molecule has 0 aliphatic rings. The Morgan fingerprint density at radius 1 is 0.569 bits per heavy atom. The van der Waals surface area contributed by atoms with Crippen LogP contribution in [0, 0.1) is 13.8 Å². The van der Waals surface area contributed by atoms with Crippen LogP contribution in [0.5, 0.6) is 34.5 Å². The standard InChI is InChI=1S/C42H52N2O12S2/c1-29-11-7-9-13-35(29)53-27-31(25-43-19-21-51-37-17-15-33(57(5)47)23-39(37)49-3)55-41(45)42(46)56-32(28-54-36-14-10-8-12-30(36)2)26-44-20-22-52-38-18-16-34(58(6)48)24-40(38)50-4/h7-18,23-24,31-32,43-44H,19-22,25-28H2,1-6H3. The highest BCUT2D eigenvalue weighted by atomic mass is 32.2. The van der Waals surface area contributed by atoms with Crippen LogP contribution in [0.25, 0.3) is 0 Å². The van der Waals surface area contributed by atoms with E-state index in [1.807, 2.05) is 50.2 Å². The molecule has 0 amide bonds. The van der Waals surface area contributed by atoms with Crippen LogP contribution in [0.1, 0.15) is 11.1 Å². The van der Waals surface area contributed by atoms with E-state index in [1.54, 1.807) is 61.0 Å². The van der Waals surface area contributed by atoms with Crippen molar-refractivity contribution < 1.29 is 56.6 Å². The van der Waals surface area contributed by atoms with Gasteiger partial charge in [0.2, 0.25) is 0 Å². The molecule has 0 heterocycles. The second-order valence-electron chi connectivity index (χ2n) is 12.8. The monoisotopic (exact) mass is 840 g/mol. The van der Waals surface area contributed by atoms with Gasteiger partial charge in [0.1, 0.15) is 62.6 Å². The maximum Gasteiger partial charge on any atom is 0.417 e. The molecule has 4 aromatic carbocycles. The van der Waals surface area contributed by atoms with Crippen molar-refractivity contribution in [3.8, 4) is 34.5 Å². The van der Waals surface area contributed by atoms with Crippen LogP contribution in [-0.4, -0.2) is 113 Å². The summed E-state index contributed by atoms with van der Waals surface area (Å²) in [5, 5.41) is 6.36. The van der Waals surface area contributed by atoms with Gasteiger partial charge in [-0.3, -0.25) is 0 Å². The molecule has 0 aromatic heterocycles. The van der Waals surface area contributed by atoms with E-state index in [0.717, 1.165) is 11.1 Å². The van der Waals surface area contributed by atoms with Gasteiger partial charge in [0, 0.05) is 38.3 Å². The predicted molar refractivity (Wildman–Crippen MR) is 220 cm³/mol. The fraction of sp³-hybridized carbons (Fsp3) is 0.381. The van der Waals surface area contributed by atoms with Gasteiger partial charge < -0.3 is 57.6 Å². The lowest BCUT2D eigenvalue weighted by molar-refractivity contribution is -0.175. The van der Waals surface area contributed by atoms with Crippen molar-refractivity contribution in [1.29, 1.82) is 0 Å². The Labute approximate surface area is 346 Å². The molecule has 0 saturated heterocycles. The summed E-state index contributed by atoms with van der Waals surface area (Å²) >= 11 is -2.35. The molecule has 0 fully saturated rings. The number of benzene rings is 4. The van der Waals surface area contributed by atoms with Gasteiger partial charge in [-0.1, -0.05) is 36.4 Å². The van der Waals surface area contributed by atoms with E-state index >= 15 is 0 Å². The molecule has 14 nitrogen and oxygen atoms in total. The summed E-state index contributed by atoms with van der Waals surface area (Å²) in [4.78, 5) is 27.7. The van der Waals surface area contributed by atoms with Crippen molar-refractivity contribution in [2.75, 3.05) is 79.3 Å². The molecule has 0 saturated carbocycles. The van der Waals surface area contributed by atoms with Crippen LogP contribution >= 0.6 is 0 Å². The van der Waals surface area contributed by atoms with Gasteiger partial charge in [0.05, 0.1) is 14.2 Å². The van der Waals surface area contributed by atoms with Crippen LogP contribution < -0.4 is 39.1 Å². The molecule has 2 N–H and O–H groups in total. The van der Waals surface area contributed by atoms with E-state index in [9.17, 15) is 18.7 Å². The number of nitrogens with one attached hydrogen (secondary N) is 2. The van der Waals surface area contributed by atoms with Gasteiger partial charge in [-0.05, 0) is 83.7 Å². The Morgan fingerprint density at radius 3 is 1.33 bits per heavy atom. The number of carbonyl (C=O) groups excluding carboxylic acids is 2. The molecule has 4 atom stereocenters. The van der Waals surface area contributed by atoms with E-state index in [1.165, 1.54) is 14.2 Å². The van der Waals surface area contributed by atoms with Crippen molar-refractivity contribution in [2.24, 2.45) is 0 Å². The first-order chi connectivity index (χ1) is 28.0. The van der Waals surface area contributed by atoms with E-state index in [2.05, 4.69) is 10.6 Å². The van der Waals surface area contributed by atoms with Crippen LogP contribution in [0.4, 0.5) is 0 Å². The number of ether oxygens (including phenoxy) is 8. The van der Waals surface area contributed by atoms with Gasteiger partial charge in [0.25, 0.3) is 0 Å². The summed E-state index contributed by atoms with van der Waals surface area (Å²) in [5.41, 5.74) is 1.78. The fourth-order valence-electron chi connectivity index (χ4n) is 5.35. The van der Waals surface area contributed by atoms with Crippen LogP contribution in [0.2, 0.25) is 0 Å². The minimum absolute atomic E-state index is 0.0492. The molecule has 4 rings (SSSR count). The SMILES string of the molecule is COc1cc([S+](C)[O-])ccc1OCCNCC(COc1ccccc1C)OC(=O)C(=O)OC(CNCCOc1ccc([S+](C)[O-])cc1OC)COc1ccccc1C. The molecular weight excluding hydrogens is 789 g/mol. The number of aryl methyl sites for hydroxylation is 2. The molecule has 314 valence electrons. The normalized spacial score (nSPS) is 13.0. The quantitative estimate of drug-likeness (QED) is 0.0439. The topological polar surface area (TPSA) is 178 Å². The second-order valence-corrected chi connectivity index (χ2v) is 15.6. The maximum atomic E-state index is 13.2. The predicted octanol–water partition coefficient (Wildman–Crippen LogP) is 4.41. The molecule has 0 bridgehead atoms. The number of para-hydroxylation sites is 2. The molecule has 58 heavy (non-hydrogen) atoms. The number of methoxy groups -OCH3 is 2. The highest BCUT2D eigenvalue weighted by molar-refractivity contribution is 7.91. The Balaban J connectivity index is 1.34. The number of rotatable bonds is 24. The lowest BCUT2D eigenvalue weighted by Gasteiger charge is -2.22. The summed E-state index contributed by atoms with van der Waals surface area (Å²) in [5.74, 6) is 0.700. The first-order valence-electron chi connectivity index (χ1n) is 18.5. The molecule has 16 heteroatoms. The molecular formula is C42H52N2O12S2. The van der Waals surface area contributed by atoms with Gasteiger partial charge in [-0.15, -0.1) is 0 Å². The zero-order valence-electron chi connectivity index (χ0n) is 33.6. The Bertz CT molecular complexity index is 1760. The number of hydrogen-bond donors (Lipinski definition) is 2. The molecule has 0 aliphatic carbocycles. The summed E-state index contributed by atoms with van der Waals surface area (Å²) in [6.07, 6.45) is 1.40. The Morgan fingerprint density at radius 2 is 0.966 bits per heavy atom. The van der Waals surface area contributed by atoms with Crippen molar-refractivity contribution in [2.45, 2.75) is 35.8 Å². The summed E-state index contributed by atoms with van der Waals surface area (Å²) in [7, 11) is 3.01.